The van der Waals surface area contributed by atoms with Gasteiger partial charge in [0.2, 0.25) is 0 Å². The highest BCUT2D eigenvalue weighted by molar-refractivity contribution is 6.33. The summed E-state index contributed by atoms with van der Waals surface area (Å²) in [6.45, 7) is 19.8. The zero-order valence-electron chi connectivity index (χ0n) is 28.6. The van der Waals surface area contributed by atoms with Crippen molar-refractivity contribution in [3.05, 3.63) is 142 Å². The van der Waals surface area contributed by atoms with Gasteiger partial charge in [-0.05, 0) is 66.8 Å². The molecule has 0 heterocycles. The average Bonchev–Trinajstić information content (AvgIpc) is 3.01. The van der Waals surface area contributed by atoms with Gasteiger partial charge in [-0.25, -0.2) is 0 Å². The van der Waals surface area contributed by atoms with Crippen LogP contribution in [0.15, 0.2) is 103 Å². The summed E-state index contributed by atoms with van der Waals surface area (Å²) in [4.78, 5) is 29.2. The highest BCUT2D eigenvalue weighted by Gasteiger charge is 2.36. The molecule has 0 spiro atoms. The number of carbonyl (C=O) groups is 2. The number of rotatable bonds is 3. The zero-order valence-corrected chi connectivity index (χ0v) is 28.6. The molecule has 0 N–H and O–H groups in total. The second-order valence-electron chi connectivity index (χ2n) is 15.8. The molecule has 5 aromatic rings. The van der Waals surface area contributed by atoms with E-state index in [1.54, 1.807) is 12.1 Å². The van der Waals surface area contributed by atoms with Crippen molar-refractivity contribution in [2.24, 2.45) is 0 Å². The Balaban J connectivity index is 1.71. The van der Waals surface area contributed by atoms with Gasteiger partial charge in [0.05, 0.1) is 0 Å². The van der Waals surface area contributed by atoms with E-state index in [1.165, 1.54) is 16.7 Å². The maximum atomic E-state index is 14.7. The van der Waals surface area contributed by atoms with E-state index in [2.05, 4.69) is 141 Å². The number of ketones is 2. The van der Waals surface area contributed by atoms with Crippen LogP contribution >= 0.6 is 0 Å². The van der Waals surface area contributed by atoms with Crippen molar-refractivity contribution in [1.82, 2.24) is 0 Å². The molecule has 0 aromatic heterocycles. The minimum atomic E-state index is -0.110. The summed E-state index contributed by atoms with van der Waals surface area (Å²) in [6, 6.07) is 35.1. The average molecular weight is 605 g/mol. The lowest BCUT2D eigenvalue weighted by Crippen LogP contribution is -2.23. The molecule has 2 nitrogen and oxygen atoms in total. The van der Waals surface area contributed by atoms with Gasteiger partial charge in [-0.3, -0.25) is 9.59 Å². The van der Waals surface area contributed by atoms with Gasteiger partial charge in [-0.15, -0.1) is 0 Å². The lowest BCUT2D eigenvalue weighted by atomic mass is 9.74. The quantitative estimate of drug-likeness (QED) is 0.201. The number of hydrogen-bond acceptors (Lipinski definition) is 2. The number of fused-ring (bicyclic) bond motifs is 2. The lowest BCUT2D eigenvalue weighted by molar-refractivity contribution is 0.0980. The van der Waals surface area contributed by atoms with Gasteiger partial charge in [0.1, 0.15) is 0 Å². The minimum Gasteiger partial charge on any atom is -0.289 e. The van der Waals surface area contributed by atoms with Crippen molar-refractivity contribution < 1.29 is 9.59 Å². The zero-order chi connectivity index (χ0) is 33.2. The van der Waals surface area contributed by atoms with E-state index in [0.717, 1.165) is 33.4 Å². The molecule has 0 amide bonds. The van der Waals surface area contributed by atoms with Crippen LogP contribution in [-0.4, -0.2) is 11.6 Å². The van der Waals surface area contributed by atoms with Crippen molar-refractivity contribution in [3.63, 3.8) is 0 Å². The Kier molecular flexibility index (Phi) is 7.55. The Bertz CT molecular complexity index is 1970. The molecule has 0 fully saturated rings. The van der Waals surface area contributed by atoms with Crippen LogP contribution in [0.4, 0.5) is 0 Å². The molecule has 0 saturated heterocycles. The fourth-order valence-corrected chi connectivity index (χ4v) is 6.49. The molecule has 5 aromatic carbocycles. The molecule has 0 aliphatic heterocycles. The third-order valence-corrected chi connectivity index (χ3v) is 9.36. The molecular weight excluding hydrogens is 560 g/mol. The summed E-state index contributed by atoms with van der Waals surface area (Å²) in [5.74, 6) is -0.219. The molecule has 0 bridgehead atoms. The second-order valence-corrected chi connectivity index (χ2v) is 15.8. The van der Waals surface area contributed by atoms with Gasteiger partial charge in [0.25, 0.3) is 0 Å². The van der Waals surface area contributed by atoms with Gasteiger partial charge < -0.3 is 0 Å². The van der Waals surface area contributed by atoms with Gasteiger partial charge in [-0.1, -0.05) is 159 Å². The van der Waals surface area contributed by atoms with Crippen LogP contribution in [0.2, 0.25) is 0 Å². The number of benzene rings is 5. The van der Waals surface area contributed by atoms with E-state index >= 15 is 0 Å². The first-order valence-corrected chi connectivity index (χ1v) is 16.3. The molecular formula is C44H44O2. The van der Waals surface area contributed by atoms with Crippen molar-refractivity contribution in [3.8, 4) is 33.4 Å². The molecule has 1 aliphatic rings. The van der Waals surface area contributed by atoms with Crippen LogP contribution in [0.3, 0.4) is 0 Å². The maximum Gasteiger partial charge on any atom is 0.195 e. The van der Waals surface area contributed by atoms with Gasteiger partial charge in [-0.2, -0.15) is 0 Å². The number of hydrogen-bond donors (Lipinski definition) is 0. The molecule has 2 heteroatoms. The predicted octanol–water partition coefficient (Wildman–Crippen LogP) is 11.4. The van der Waals surface area contributed by atoms with E-state index in [-0.39, 0.29) is 27.8 Å². The first-order chi connectivity index (χ1) is 21.6. The molecule has 1 aliphatic carbocycles. The van der Waals surface area contributed by atoms with E-state index < -0.39 is 0 Å². The molecule has 0 radical (unpaired) electrons. The van der Waals surface area contributed by atoms with E-state index in [9.17, 15) is 9.59 Å². The topological polar surface area (TPSA) is 34.1 Å². The summed E-state index contributed by atoms with van der Waals surface area (Å²) in [7, 11) is 0. The van der Waals surface area contributed by atoms with E-state index in [4.69, 9.17) is 0 Å². The summed E-state index contributed by atoms with van der Waals surface area (Å²) >= 11 is 0. The Morgan fingerprint density at radius 2 is 0.674 bits per heavy atom. The number of carbonyl (C=O) groups excluding carboxylic acids is 2. The first-order valence-electron chi connectivity index (χ1n) is 16.3. The minimum absolute atomic E-state index is 0.00601. The van der Waals surface area contributed by atoms with Crippen LogP contribution in [0.5, 0.6) is 0 Å². The van der Waals surface area contributed by atoms with Crippen LogP contribution in [0.25, 0.3) is 33.4 Å². The van der Waals surface area contributed by atoms with Crippen molar-refractivity contribution in [1.29, 1.82) is 0 Å². The third kappa shape index (κ3) is 5.55. The van der Waals surface area contributed by atoms with Crippen LogP contribution in [0, 0.1) is 0 Å². The standard InChI is InChI=1S/C44H44O2/c1-42(2,3)30-20-14-27(15-21-30)35-26-36(28-16-22-31(23-17-28)43(4,5)6)38-39(41(46)34-13-11-10-12-33(34)40(38)45)37(35)29-18-24-32(25-19-29)44(7,8)9/h10-26H,1-9H3. The van der Waals surface area contributed by atoms with Gasteiger partial charge >= 0.3 is 0 Å². The summed E-state index contributed by atoms with van der Waals surface area (Å²) < 4.78 is 0. The predicted molar refractivity (Wildman–Crippen MR) is 192 cm³/mol. The molecule has 232 valence electrons. The van der Waals surface area contributed by atoms with Crippen LogP contribution in [-0.2, 0) is 16.2 Å². The Morgan fingerprint density at radius 3 is 1.04 bits per heavy atom. The molecule has 46 heavy (non-hydrogen) atoms. The summed E-state index contributed by atoms with van der Waals surface area (Å²) in [6.07, 6.45) is 0. The molecule has 0 saturated carbocycles. The first kappa shape index (κ1) is 31.4. The second kappa shape index (κ2) is 11.1. The monoisotopic (exact) mass is 604 g/mol. The van der Waals surface area contributed by atoms with Gasteiger partial charge in [0, 0.05) is 27.8 Å². The normalized spacial score (nSPS) is 13.4. The molecule has 6 rings (SSSR count). The van der Waals surface area contributed by atoms with Crippen LogP contribution < -0.4 is 0 Å². The lowest BCUT2D eigenvalue weighted by Gasteiger charge is -2.27. The fraction of sp³-hybridized carbons (Fsp3) is 0.273. The Hall–Kier alpha value is -4.56. The van der Waals surface area contributed by atoms with Crippen molar-refractivity contribution >= 4 is 11.6 Å². The summed E-state index contributed by atoms with van der Waals surface area (Å²) in [5.41, 5.74) is 10.9. The van der Waals surface area contributed by atoms with Gasteiger partial charge in [0.15, 0.2) is 11.6 Å². The van der Waals surface area contributed by atoms with E-state index in [1.807, 2.05) is 12.1 Å². The fourth-order valence-electron chi connectivity index (χ4n) is 6.49. The highest BCUT2D eigenvalue weighted by Crippen LogP contribution is 2.46. The smallest absolute Gasteiger partial charge is 0.195 e. The van der Waals surface area contributed by atoms with E-state index in [0.29, 0.717) is 22.3 Å². The SMILES string of the molecule is CC(C)(C)c1ccc(-c2cc(-c3ccc(C(C)(C)C)cc3)c(-c3ccc(C(C)(C)C)cc3)c3c2C(=O)c2ccccc2C3=O)cc1. The Morgan fingerprint density at radius 1 is 0.348 bits per heavy atom. The van der Waals surface area contributed by atoms with Crippen LogP contribution in [0.1, 0.15) is 111 Å². The summed E-state index contributed by atoms with van der Waals surface area (Å²) in [5, 5.41) is 0. The van der Waals surface area contributed by atoms with Crippen molar-refractivity contribution in [2.75, 3.05) is 0 Å². The molecule has 0 atom stereocenters. The largest absolute Gasteiger partial charge is 0.289 e. The highest BCUT2D eigenvalue weighted by atomic mass is 16.1. The molecule has 0 unspecified atom stereocenters. The van der Waals surface area contributed by atoms with Crippen molar-refractivity contribution in [2.45, 2.75) is 78.6 Å². The maximum absolute atomic E-state index is 14.7. The Labute approximate surface area is 274 Å². The third-order valence-electron chi connectivity index (χ3n) is 9.36.